The van der Waals surface area contributed by atoms with E-state index in [1.165, 1.54) is 6.07 Å². The zero-order chi connectivity index (χ0) is 19.5. The van der Waals surface area contributed by atoms with Crippen LogP contribution in [0.5, 0.6) is 0 Å². The van der Waals surface area contributed by atoms with Gasteiger partial charge in [-0.25, -0.2) is 4.39 Å². The van der Waals surface area contributed by atoms with Gasteiger partial charge in [-0.3, -0.25) is 4.79 Å². The van der Waals surface area contributed by atoms with Crippen molar-refractivity contribution >= 4 is 5.91 Å². The summed E-state index contributed by atoms with van der Waals surface area (Å²) in [4.78, 5) is 18.7. The number of amides is 1. The molecule has 7 nitrogen and oxygen atoms in total. The first-order chi connectivity index (χ1) is 13.6. The van der Waals surface area contributed by atoms with Gasteiger partial charge in [0.1, 0.15) is 5.82 Å². The third kappa shape index (κ3) is 4.23. The van der Waals surface area contributed by atoms with Crippen molar-refractivity contribution in [3.8, 4) is 11.4 Å². The van der Waals surface area contributed by atoms with Gasteiger partial charge in [-0.15, -0.1) is 0 Å². The predicted octanol–water partition coefficient (Wildman–Crippen LogP) is 2.73. The van der Waals surface area contributed by atoms with E-state index in [1.54, 1.807) is 19.1 Å². The van der Waals surface area contributed by atoms with Crippen LogP contribution in [0.15, 0.2) is 22.7 Å². The van der Waals surface area contributed by atoms with Crippen molar-refractivity contribution in [1.82, 2.24) is 15.0 Å². The largest absolute Gasteiger partial charge is 0.350 e. The zero-order valence-corrected chi connectivity index (χ0v) is 15.9. The van der Waals surface area contributed by atoms with Crippen LogP contribution in [-0.2, 0) is 20.7 Å². The predicted molar refractivity (Wildman–Crippen MR) is 97.7 cm³/mol. The Hall–Kier alpha value is -2.32. The van der Waals surface area contributed by atoms with Crippen LogP contribution in [-0.4, -0.2) is 53.5 Å². The van der Waals surface area contributed by atoms with Gasteiger partial charge in [0, 0.05) is 37.4 Å². The van der Waals surface area contributed by atoms with Gasteiger partial charge in [-0.1, -0.05) is 5.16 Å². The number of ether oxygens (including phenoxy) is 2. The van der Waals surface area contributed by atoms with E-state index in [1.807, 2.05) is 4.90 Å². The summed E-state index contributed by atoms with van der Waals surface area (Å²) in [5.41, 5.74) is 1.22. The minimum atomic E-state index is -0.270. The molecule has 0 atom stereocenters. The smallest absolute Gasteiger partial charge is 0.227 e. The summed E-state index contributed by atoms with van der Waals surface area (Å²) < 4.78 is 29.8. The summed E-state index contributed by atoms with van der Waals surface area (Å²) in [5.74, 6) is 0.997. The maximum atomic E-state index is 13.4. The molecule has 0 radical (unpaired) electrons. The molecule has 0 saturated carbocycles. The Kier molecular flexibility index (Phi) is 5.68. The minimum Gasteiger partial charge on any atom is -0.350 e. The second kappa shape index (κ2) is 8.36. The maximum Gasteiger partial charge on any atom is 0.227 e. The molecule has 2 aliphatic rings. The zero-order valence-electron chi connectivity index (χ0n) is 15.9. The molecule has 150 valence electrons. The lowest BCUT2D eigenvalue weighted by Crippen LogP contribution is -2.41. The fraction of sp³-hybridized carbons (Fsp3) is 0.550. The number of likely N-dealkylation sites (tertiary alicyclic amines) is 1. The fourth-order valence-electron chi connectivity index (χ4n) is 3.70. The van der Waals surface area contributed by atoms with Gasteiger partial charge in [0.05, 0.1) is 13.2 Å². The quantitative estimate of drug-likeness (QED) is 0.783. The molecular weight excluding hydrogens is 365 g/mol. The summed E-state index contributed by atoms with van der Waals surface area (Å²) in [7, 11) is 0. The van der Waals surface area contributed by atoms with Crippen LogP contribution in [0, 0.1) is 18.7 Å². The normalized spacial score (nSPS) is 18.7. The first-order valence-electron chi connectivity index (χ1n) is 9.70. The highest BCUT2D eigenvalue weighted by atomic mass is 19.1. The van der Waals surface area contributed by atoms with Crippen molar-refractivity contribution in [2.45, 2.75) is 38.9 Å². The molecule has 0 spiro atoms. The molecule has 2 saturated heterocycles. The third-order valence-corrected chi connectivity index (χ3v) is 5.36. The number of aryl methyl sites for hydroxylation is 2. The van der Waals surface area contributed by atoms with Crippen LogP contribution >= 0.6 is 0 Å². The Labute approximate surface area is 162 Å². The Morgan fingerprint density at radius 2 is 2.00 bits per heavy atom. The second-order valence-electron chi connectivity index (χ2n) is 7.30. The molecule has 0 N–H and O–H groups in total. The lowest BCUT2D eigenvalue weighted by molar-refractivity contribution is -0.136. The van der Waals surface area contributed by atoms with E-state index in [2.05, 4.69) is 10.1 Å². The Balaban J connectivity index is 1.27. The van der Waals surface area contributed by atoms with E-state index in [-0.39, 0.29) is 18.0 Å². The number of nitrogens with zero attached hydrogens (tertiary/aromatic N) is 3. The molecule has 8 heteroatoms. The van der Waals surface area contributed by atoms with Crippen molar-refractivity contribution in [2.75, 3.05) is 26.3 Å². The number of rotatable bonds is 5. The first-order valence-corrected chi connectivity index (χ1v) is 9.70. The molecule has 0 bridgehead atoms. The van der Waals surface area contributed by atoms with Crippen LogP contribution in [0.4, 0.5) is 4.39 Å². The van der Waals surface area contributed by atoms with E-state index in [4.69, 9.17) is 14.0 Å². The molecule has 28 heavy (non-hydrogen) atoms. The molecule has 4 rings (SSSR count). The lowest BCUT2D eigenvalue weighted by atomic mass is 9.96. The van der Waals surface area contributed by atoms with E-state index >= 15 is 0 Å². The average molecular weight is 389 g/mol. The Morgan fingerprint density at radius 1 is 1.25 bits per heavy atom. The molecule has 2 aliphatic heterocycles. The molecule has 1 aromatic heterocycles. The van der Waals surface area contributed by atoms with Gasteiger partial charge in [-0.05, 0) is 43.5 Å². The van der Waals surface area contributed by atoms with Crippen LogP contribution in [0.2, 0.25) is 0 Å². The van der Waals surface area contributed by atoms with Crippen molar-refractivity contribution in [3.63, 3.8) is 0 Å². The van der Waals surface area contributed by atoms with Crippen molar-refractivity contribution < 1.29 is 23.2 Å². The highest BCUT2D eigenvalue weighted by molar-refractivity contribution is 5.76. The molecular formula is C20H24FN3O4. The number of benzene rings is 1. The van der Waals surface area contributed by atoms with Gasteiger partial charge >= 0.3 is 0 Å². The highest BCUT2D eigenvalue weighted by Crippen LogP contribution is 2.26. The first kappa shape index (κ1) is 19.0. The molecule has 2 fully saturated rings. The second-order valence-corrected chi connectivity index (χ2v) is 7.30. The van der Waals surface area contributed by atoms with Crippen molar-refractivity contribution in [1.29, 1.82) is 0 Å². The lowest BCUT2D eigenvalue weighted by Gasteiger charge is -2.33. The average Bonchev–Trinajstić information content (AvgIpc) is 3.40. The van der Waals surface area contributed by atoms with Gasteiger partial charge in [0.15, 0.2) is 6.29 Å². The summed E-state index contributed by atoms with van der Waals surface area (Å²) in [6.45, 7) is 4.45. The van der Waals surface area contributed by atoms with Crippen LogP contribution in [0.25, 0.3) is 11.4 Å². The summed E-state index contributed by atoms with van der Waals surface area (Å²) in [5, 5.41) is 3.94. The number of hydrogen-bond donors (Lipinski definition) is 0. The number of carbonyl (C=O) groups is 1. The van der Waals surface area contributed by atoms with Crippen molar-refractivity contribution in [2.24, 2.45) is 5.92 Å². The maximum absolute atomic E-state index is 13.4. The molecule has 2 aromatic rings. The fourth-order valence-corrected chi connectivity index (χ4v) is 3.70. The highest BCUT2D eigenvalue weighted by Gasteiger charge is 2.31. The van der Waals surface area contributed by atoms with Crippen LogP contribution in [0.3, 0.4) is 0 Å². The number of hydrogen-bond acceptors (Lipinski definition) is 6. The van der Waals surface area contributed by atoms with Crippen LogP contribution < -0.4 is 0 Å². The summed E-state index contributed by atoms with van der Waals surface area (Å²) in [6, 6.07) is 4.68. The van der Waals surface area contributed by atoms with E-state index in [9.17, 15) is 9.18 Å². The number of aromatic nitrogens is 2. The monoisotopic (exact) mass is 389 g/mol. The topological polar surface area (TPSA) is 77.7 Å². The van der Waals surface area contributed by atoms with Gasteiger partial charge in [0.25, 0.3) is 0 Å². The summed E-state index contributed by atoms with van der Waals surface area (Å²) in [6.07, 6.45) is 2.39. The van der Waals surface area contributed by atoms with Gasteiger partial charge in [-0.2, -0.15) is 4.98 Å². The SMILES string of the molecule is Cc1cc(-c2noc(CCC(=O)N3CCC(C4OCCO4)CC3)n2)ccc1F. The number of piperidine rings is 1. The van der Waals surface area contributed by atoms with E-state index in [0.717, 1.165) is 25.9 Å². The van der Waals surface area contributed by atoms with Gasteiger partial charge < -0.3 is 18.9 Å². The van der Waals surface area contributed by atoms with E-state index in [0.29, 0.717) is 54.8 Å². The van der Waals surface area contributed by atoms with Gasteiger partial charge in [0.2, 0.25) is 17.6 Å². The number of halogens is 1. The van der Waals surface area contributed by atoms with Crippen molar-refractivity contribution in [3.05, 3.63) is 35.5 Å². The van der Waals surface area contributed by atoms with E-state index < -0.39 is 0 Å². The number of carbonyl (C=O) groups excluding carboxylic acids is 1. The molecule has 0 unspecified atom stereocenters. The molecule has 3 heterocycles. The molecule has 1 aromatic carbocycles. The summed E-state index contributed by atoms with van der Waals surface area (Å²) >= 11 is 0. The van der Waals surface area contributed by atoms with Crippen LogP contribution in [0.1, 0.15) is 30.7 Å². The minimum absolute atomic E-state index is 0.0871. The Morgan fingerprint density at radius 3 is 2.71 bits per heavy atom. The molecule has 1 amide bonds. The third-order valence-electron chi connectivity index (χ3n) is 5.36. The molecule has 0 aliphatic carbocycles. The Bertz CT molecular complexity index is 827. The standard InChI is InChI=1S/C20H24FN3O4/c1-13-12-15(2-3-16(13)21)19-22-17(28-23-19)4-5-18(25)24-8-6-14(7-9-24)20-26-10-11-27-20/h2-3,12,14,20H,4-11H2,1H3.